The number of likely N-dealkylation sites (N-methyl/N-ethyl adjacent to an activating group) is 1. The fourth-order valence-corrected chi connectivity index (χ4v) is 6.14. The molecule has 3 rings (SSSR count). The SMILES string of the molecule is CCN(CC)C1C=C(c2ccccc2)[Te]c2ccccc21. The summed E-state index contributed by atoms with van der Waals surface area (Å²) < 4.78 is 3.18. The molecule has 0 fully saturated rings. The van der Waals surface area contributed by atoms with Crippen molar-refractivity contribution >= 4 is 28.2 Å². The molecule has 0 bridgehead atoms. The summed E-state index contributed by atoms with van der Waals surface area (Å²) in [5, 5.41) is 0. The maximum absolute atomic E-state index is 2.55. The summed E-state index contributed by atoms with van der Waals surface area (Å²) in [4.78, 5) is 2.55. The van der Waals surface area contributed by atoms with Crippen molar-refractivity contribution in [3.8, 4) is 0 Å². The summed E-state index contributed by atoms with van der Waals surface area (Å²) in [6, 6.07) is 20.4. The Kier molecular flexibility index (Phi) is 4.80. The molecule has 0 amide bonds. The molecule has 2 heteroatoms. The predicted octanol–water partition coefficient (Wildman–Crippen LogP) is 3.45. The topological polar surface area (TPSA) is 3.24 Å². The van der Waals surface area contributed by atoms with E-state index in [1.54, 1.807) is 7.23 Å². The number of hydrogen-bond acceptors (Lipinski definition) is 1. The first-order valence-electron chi connectivity index (χ1n) is 7.61. The van der Waals surface area contributed by atoms with Gasteiger partial charge in [-0.25, -0.2) is 0 Å². The van der Waals surface area contributed by atoms with Gasteiger partial charge in [-0.3, -0.25) is 0 Å². The van der Waals surface area contributed by atoms with Crippen LogP contribution >= 0.6 is 0 Å². The molecule has 21 heavy (non-hydrogen) atoms. The Hall–Kier alpha value is -1.07. The monoisotopic (exact) mass is 393 g/mol. The Morgan fingerprint density at radius 1 is 0.905 bits per heavy atom. The minimum atomic E-state index is -0.282. The average Bonchev–Trinajstić information content (AvgIpc) is 2.56. The third-order valence-corrected chi connectivity index (χ3v) is 7.41. The number of benzene rings is 2. The first kappa shape index (κ1) is 14.8. The fraction of sp³-hybridized carbons (Fsp3) is 0.263. The molecular weight excluding hydrogens is 370 g/mol. The normalized spacial score (nSPS) is 17.5. The standard InChI is InChI=1S/C19H21NTe/c1-3-20(4-2)17-14-19(15-10-6-5-7-11-15)21-18-13-9-8-12-16(17)18/h5-14,17H,3-4H2,1-2H3. The van der Waals surface area contributed by atoms with Crippen LogP contribution in [0.25, 0.3) is 3.62 Å². The van der Waals surface area contributed by atoms with Crippen molar-refractivity contribution in [1.82, 2.24) is 4.90 Å². The predicted molar refractivity (Wildman–Crippen MR) is 91.9 cm³/mol. The number of fused-ring (bicyclic) bond motifs is 1. The van der Waals surface area contributed by atoms with Crippen molar-refractivity contribution in [2.45, 2.75) is 19.9 Å². The first-order chi connectivity index (χ1) is 10.3. The molecule has 1 unspecified atom stereocenters. The first-order valence-corrected chi connectivity index (χ1v) is 9.94. The van der Waals surface area contributed by atoms with E-state index in [1.807, 2.05) is 0 Å². The molecule has 0 radical (unpaired) electrons. The second-order valence-corrected chi connectivity index (χ2v) is 8.30. The van der Waals surface area contributed by atoms with E-state index in [9.17, 15) is 0 Å². The number of hydrogen-bond donors (Lipinski definition) is 0. The Bertz CT molecular complexity index is 629. The van der Waals surface area contributed by atoms with Crippen molar-refractivity contribution in [3.05, 3.63) is 71.8 Å². The van der Waals surface area contributed by atoms with Gasteiger partial charge in [-0.1, -0.05) is 0 Å². The second-order valence-electron chi connectivity index (χ2n) is 5.20. The molecule has 2 aromatic rings. The summed E-state index contributed by atoms with van der Waals surface area (Å²) in [6.45, 7) is 6.70. The van der Waals surface area contributed by atoms with Crippen LogP contribution in [0.1, 0.15) is 31.0 Å². The Labute approximate surface area is 137 Å². The fourth-order valence-electron chi connectivity index (χ4n) is 2.88. The molecule has 0 spiro atoms. The van der Waals surface area contributed by atoms with Gasteiger partial charge < -0.3 is 0 Å². The van der Waals surface area contributed by atoms with Crippen LogP contribution in [0, 0.1) is 0 Å². The van der Waals surface area contributed by atoms with Crippen LogP contribution in [0.5, 0.6) is 0 Å². The van der Waals surface area contributed by atoms with Gasteiger partial charge in [0.1, 0.15) is 0 Å². The van der Waals surface area contributed by atoms with Crippen LogP contribution in [-0.4, -0.2) is 38.9 Å². The van der Waals surface area contributed by atoms with Crippen molar-refractivity contribution in [2.24, 2.45) is 0 Å². The van der Waals surface area contributed by atoms with Gasteiger partial charge in [-0.05, 0) is 0 Å². The Morgan fingerprint density at radius 2 is 1.57 bits per heavy atom. The van der Waals surface area contributed by atoms with E-state index in [4.69, 9.17) is 0 Å². The van der Waals surface area contributed by atoms with Crippen molar-refractivity contribution in [3.63, 3.8) is 0 Å². The third kappa shape index (κ3) is 3.09. The summed E-state index contributed by atoms with van der Waals surface area (Å²) in [5.74, 6) is 0. The van der Waals surface area contributed by atoms with Gasteiger partial charge in [0.05, 0.1) is 0 Å². The van der Waals surface area contributed by atoms with Crippen molar-refractivity contribution in [2.75, 3.05) is 13.1 Å². The molecule has 0 N–H and O–H groups in total. The summed E-state index contributed by atoms with van der Waals surface area (Å²) in [5.41, 5.74) is 2.94. The van der Waals surface area contributed by atoms with Crippen LogP contribution in [0.15, 0.2) is 60.7 Å². The van der Waals surface area contributed by atoms with E-state index in [-0.39, 0.29) is 20.9 Å². The van der Waals surface area contributed by atoms with E-state index in [1.165, 1.54) is 11.1 Å². The van der Waals surface area contributed by atoms with Crippen molar-refractivity contribution < 1.29 is 0 Å². The molecule has 1 heterocycles. The molecular formula is C19H21NTe. The molecule has 0 aromatic heterocycles. The summed E-state index contributed by atoms with van der Waals surface area (Å²) >= 11 is -0.282. The molecule has 1 nitrogen and oxygen atoms in total. The number of rotatable bonds is 4. The van der Waals surface area contributed by atoms with Gasteiger partial charge in [0.2, 0.25) is 0 Å². The molecule has 0 saturated heterocycles. The van der Waals surface area contributed by atoms with Gasteiger partial charge in [-0.2, -0.15) is 0 Å². The summed E-state index contributed by atoms with van der Waals surface area (Å²) in [6.07, 6.45) is 2.52. The molecule has 0 aliphatic carbocycles. The zero-order valence-electron chi connectivity index (χ0n) is 12.6. The van der Waals surface area contributed by atoms with Crippen LogP contribution < -0.4 is 3.61 Å². The van der Waals surface area contributed by atoms with Gasteiger partial charge in [-0.15, -0.1) is 0 Å². The van der Waals surface area contributed by atoms with Gasteiger partial charge in [0.15, 0.2) is 0 Å². The van der Waals surface area contributed by atoms with E-state index in [2.05, 4.69) is 79.4 Å². The van der Waals surface area contributed by atoms with Crippen LogP contribution in [0.3, 0.4) is 0 Å². The van der Waals surface area contributed by atoms with Crippen LogP contribution in [0.2, 0.25) is 0 Å². The summed E-state index contributed by atoms with van der Waals surface area (Å²) in [7, 11) is 0. The third-order valence-electron chi connectivity index (χ3n) is 4.03. The van der Waals surface area contributed by atoms with E-state index < -0.39 is 0 Å². The van der Waals surface area contributed by atoms with E-state index in [0.29, 0.717) is 6.04 Å². The minimum absolute atomic E-state index is 0.282. The number of nitrogens with zero attached hydrogens (tertiary/aromatic N) is 1. The molecule has 2 aromatic carbocycles. The molecule has 1 aliphatic rings. The maximum atomic E-state index is 2.55. The molecule has 1 aliphatic heterocycles. The Balaban J connectivity index is 2.05. The quantitative estimate of drug-likeness (QED) is 0.723. The zero-order valence-corrected chi connectivity index (χ0v) is 15.0. The molecule has 1 atom stereocenters. The Morgan fingerprint density at radius 3 is 2.29 bits per heavy atom. The molecule has 108 valence electrons. The average molecular weight is 391 g/mol. The van der Waals surface area contributed by atoms with Crippen LogP contribution in [-0.2, 0) is 0 Å². The second kappa shape index (κ2) is 6.79. The van der Waals surface area contributed by atoms with Gasteiger partial charge in [0.25, 0.3) is 0 Å². The van der Waals surface area contributed by atoms with E-state index in [0.717, 1.165) is 13.1 Å². The van der Waals surface area contributed by atoms with Crippen molar-refractivity contribution in [1.29, 1.82) is 0 Å². The van der Waals surface area contributed by atoms with Crippen LogP contribution in [0.4, 0.5) is 0 Å². The zero-order chi connectivity index (χ0) is 14.7. The van der Waals surface area contributed by atoms with E-state index >= 15 is 0 Å². The molecule has 0 saturated carbocycles. The van der Waals surface area contributed by atoms with Gasteiger partial charge in [0, 0.05) is 0 Å². The van der Waals surface area contributed by atoms with Gasteiger partial charge >= 0.3 is 138 Å².